The molecular formula is C10H14N2S. The summed E-state index contributed by atoms with van der Waals surface area (Å²) in [6.45, 7) is 4.01. The Morgan fingerprint density at radius 3 is 2.92 bits per heavy atom. The molecule has 0 fully saturated rings. The highest BCUT2D eigenvalue weighted by atomic mass is 32.1. The summed E-state index contributed by atoms with van der Waals surface area (Å²) in [4.78, 5) is 1.31. The Balaban J connectivity index is 2.60. The normalized spacial score (nSPS) is 14.8. The molecule has 0 radical (unpaired) electrons. The molecule has 0 aliphatic carbocycles. The van der Waals surface area contributed by atoms with Crippen molar-refractivity contribution in [1.29, 1.82) is 5.26 Å². The van der Waals surface area contributed by atoms with Crippen LogP contribution in [0.3, 0.4) is 0 Å². The third-order valence-electron chi connectivity index (χ3n) is 1.94. The molecule has 2 nitrogen and oxygen atoms in total. The quantitative estimate of drug-likeness (QED) is 0.800. The summed E-state index contributed by atoms with van der Waals surface area (Å²) in [6.07, 6.45) is 1.02. The fourth-order valence-electron chi connectivity index (χ4n) is 1.23. The lowest BCUT2D eigenvalue weighted by molar-refractivity contribution is 0.502. The van der Waals surface area contributed by atoms with E-state index in [1.165, 1.54) is 4.88 Å². The van der Waals surface area contributed by atoms with E-state index in [2.05, 4.69) is 29.8 Å². The zero-order valence-corrected chi connectivity index (χ0v) is 8.77. The maximum atomic E-state index is 8.67. The van der Waals surface area contributed by atoms with E-state index >= 15 is 0 Å². The summed E-state index contributed by atoms with van der Waals surface area (Å²) >= 11 is 1.74. The summed E-state index contributed by atoms with van der Waals surface area (Å²) in [6, 6.07) is 6.59. The second-order valence-corrected chi connectivity index (χ2v) is 3.97. The molecule has 0 aliphatic heterocycles. The van der Waals surface area contributed by atoms with Crippen LogP contribution in [0.1, 0.15) is 31.2 Å². The molecule has 1 aromatic heterocycles. The molecule has 0 aliphatic rings. The van der Waals surface area contributed by atoms with Crippen molar-refractivity contribution in [2.45, 2.75) is 32.4 Å². The largest absolute Gasteiger partial charge is 0.294 e. The Morgan fingerprint density at radius 1 is 1.69 bits per heavy atom. The van der Waals surface area contributed by atoms with Gasteiger partial charge < -0.3 is 0 Å². The lowest BCUT2D eigenvalue weighted by Crippen LogP contribution is -2.28. The Labute approximate surface area is 83.2 Å². The van der Waals surface area contributed by atoms with Gasteiger partial charge in [-0.3, -0.25) is 5.32 Å². The van der Waals surface area contributed by atoms with Gasteiger partial charge >= 0.3 is 0 Å². The van der Waals surface area contributed by atoms with Crippen molar-refractivity contribution in [2.24, 2.45) is 0 Å². The smallest absolute Gasteiger partial charge is 0.0929 e. The summed E-state index contributed by atoms with van der Waals surface area (Å²) in [5.74, 6) is 0. The summed E-state index contributed by atoms with van der Waals surface area (Å²) < 4.78 is 0. The van der Waals surface area contributed by atoms with E-state index in [9.17, 15) is 0 Å². The molecule has 3 heteroatoms. The van der Waals surface area contributed by atoms with Crippen LogP contribution in [-0.2, 0) is 0 Å². The zero-order valence-electron chi connectivity index (χ0n) is 7.95. The summed E-state index contributed by atoms with van der Waals surface area (Å²) in [5.41, 5.74) is 0. The molecule has 1 heterocycles. The molecule has 13 heavy (non-hydrogen) atoms. The van der Waals surface area contributed by atoms with Crippen molar-refractivity contribution in [1.82, 2.24) is 5.32 Å². The SMILES string of the molecule is CCC(NC(C)C#N)c1cccs1. The Kier molecular flexibility index (Phi) is 3.94. The van der Waals surface area contributed by atoms with Crippen LogP contribution >= 0.6 is 11.3 Å². The molecule has 0 aromatic carbocycles. The first-order valence-corrected chi connectivity index (χ1v) is 5.35. The van der Waals surface area contributed by atoms with E-state index in [1.807, 2.05) is 13.0 Å². The maximum absolute atomic E-state index is 8.67. The molecule has 2 unspecified atom stereocenters. The number of nitrogens with zero attached hydrogens (tertiary/aromatic N) is 1. The number of nitrogens with one attached hydrogen (secondary N) is 1. The Bertz CT molecular complexity index is 274. The first-order valence-electron chi connectivity index (χ1n) is 4.47. The third-order valence-corrected chi connectivity index (χ3v) is 2.93. The molecule has 1 rings (SSSR count). The van der Waals surface area contributed by atoms with E-state index in [0.717, 1.165) is 6.42 Å². The average molecular weight is 194 g/mol. The Morgan fingerprint density at radius 2 is 2.46 bits per heavy atom. The van der Waals surface area contributed by atoms with E-state index in [4.69, 9.17) is 5.26 Å². The fraction of sp³-hybridized carbons (Fsp3) is 0.500. The molecule has 0 amide bonds. The van der Waals surface area contributed by atoms with E-state index in [0.29, 0.717) is 6.04 Å². The highest BCUT2D eigenvalue weighted by molar-refractivity contribution is 7.10. The van der Waals surface area contributed by atoms with Crippen molar-refractivity contribution < 1.29 is 0 Å². The van der Waals surface area contributed by atoms with Crippen LogP contribution in [0, 0.1) is 11.3 Å². The topological polar surface area (TPSA) is 35.8 Å². The van der Waals surface area contributed by atoms with Crippen molar-refractivity contribution in [3.05, 3.63) is 22.4 Å². The number of hydrogen-bond donors (Lipinski definition) is 1. The van der Waals surface area contributed by atoms with Crippen LogP contribution in [0.2, 0.25) is 0 Å². The van der Waals surface area contributed by atoms with Gasteiger partial charge in [-0.1, -0.05) is 13.0 Å². The van der Waals surface area contributed by atoms with Crippen LogP contribution in [-0.4, -0.2) is 6.04 Å². The molecule has 0 saturated heterocycles. The van der Waals surface area contributed by atoms with Gasteiger partial charge in [-0.15, -0.1) is 11.3 Å². The van der Waals surface area contributed by atoms with Crippen LogP contribution < -0.4 is 5.32 Å². The molecular weight excluding hydrogens is 180 g/mol. The minimum Gasteiger partial charge on any atom is -0.294 e. The van der Waals surface area contributed by atoms with Crippen LogP contribution in [0.25, 0.3) is 0 Å². The lowest BCUT2D eigenvalue weighted by atomic mass is 10.1. The first kappa shape index (κ1) is 10.2. The number of hydrogen-bond acceptors (Lipinski definition) is 3. The van der Waals surface area contributed by atoms with Gasteiger partial charge in [0.2, 0.25) is 0 Å². The van der Waals surface area contributed by atoms with E-state index in [-0.39, 0.29) is 6.04 Å². The monoisotopic (exact) mass is 194 g/mol. The highest BCUT2D eigenvalue weighted by Crippen LogP contribution is 2.21. The average Bonchev–Trinajstić information content (AvgIpc) is 2.66. The van der Waals surface area contributed by atoms with Crippen LogP contribution in [0.15, 0.2) is 17.5 Å². The molecule has 0 bridgehead atoms. The van der Waals surface area contributed by atoms with Gasteiger partial charge in [0.05, 0.1) is 12.1 Å². The number of thiophene rings is 1. The summed E-state index contributed by atoms with van der Waals surface area (Å²) in [5, 5.41) is 14.0. The van der Waals surface area contributed by atoms with Crippen molar-refractivity contribution >= 4 is 11.3 Å². The molecule has 0 saturated carbocycles. The van der Waals surface area contributed by atoms with E-state index in [1.54, 1.807) is 11.3 Å². The maximum Gasteiger partial charge on any atom is 0.0929 e. The minimum atomic E-state index is -0.0768. The van der Waals surface area contributed by atoms with Crippen molar-refractivity contribution in [2.75, 3.05) is 0 Å². The molecule has 1 N–H and O–H groups in total. The lowest BCUT2D eigenvalue weighted by Gasteiger charge is -2.16. The Hall–Kier alpha value is -0.850. The van der Waals surface area contributed by atoms with Gasteiger partial charge in [0.1, 0.15) is 0 Å². The molecule has 70 valence electrons. The van der Waals surface area contributed by atoms with Crippen molar-refractivity contribution in [3.8, 4) is 6.07 Å². The van der Waals surface area contributed by atoms with Gasteiger partial charge in [0.25, 0.3) is 0 Å². The van der Waals surface area contributed by atoms with Crippen molar-refractivity contribution in [3.63, 3.8) is 0 Å². The zero-order chi connectivity index (χ0) is 9.68. The van der Waals surface area contributed by atoms with Crippen LogP contribution in [0.5, 0.6) is 0 Å². The summed E-state index contributed by atoms with van der Waals surface area (Å²) in [7, 11) is 0. The highest BCUT2D eigenvalue weighted by Gasteiger charge is 2.12. The van der Waals surface area contributed by atoms with Gasteiger partial charge in [-0.25, -0.2) is 0 Å². The second kappa shape index (κ2) is 5.00. The molecule has 1 aromatic rings. The molecule has 2 atom stereocenters. The van der Waals surface area contributed by atoms with Gasteiger partial charge in [0, 0.05) is 10.9 Å². The minimum absolute atomic E-state index is 0.0768. The van der Waals surface area contributed by atoms with Gasteiger partial charge in [-0.05, 0) is 24.8 Å². The predicted molar refractivity (Wildman–Crippen MR) is 55.6 cm³/mol. The molecule has 0 spiro atoms. The van der Waals surface area contributed by atoms with Gasteiger partial charge in [-0.2, -0.15) is 5.26 Å². The van der Waals surface area contributed by atoms with Crippen LogP contribution in [0.4, 0.5) is 0 Å². The first-order chi connectivity index (χ1) is 6.27. The fourth-order valence-corrected chi connectivity index (χ4v) is 2.10. The standard InChI is InChI=1S/C10H14N2S/c1-3-9(12-8(2)7-11)10-5-4-6-13-10/h4-6,8-9,12H,3H2,1-2H3. The van der Waals surface area contributed by atoms with Gasteiger partial charge in [0.15, 0.2) is 0 Å². The number of nitriles is 1. The predicted octanol–water partition coefficient (Wildman–Crippen LogP) is 2.70. The second-order valence-electron chi connectivity index (χ2n) is 2.99. The van der Waals surface area contributed by atoms with E-state index < -0.39 is 0 Å². The third kappa shape index (κ3) is 2.83. The number of rotatable bonds is 4.